The molecule has 1 aromatic heterocycles. The van der Waals surface area contributed by atoms with E-state index >= 15 is 0 Å². The lowest BCUT2D eigenvalue weighted by Crippen LogP contribution is -2.58. The van der Waals surface area contributed by atoms with Crippen molar-refractivity contribution >= 4 is 52.3 Å². The zero-order chi connectivity index (χ0) is 27.5. The summed E-state index contributed by atoms with van der Waals surface area (Å²) in [6.07, 6.45) is 2.89. The molecule has 0 saturated carbocycles. The molecule has 0 aliphatic rings. The number of benzene rings is 1. The van der Waals surface area contributed by atoms with Crippen molar-refractivity contribution in [1.82, 2.24) is 20.9 Å². The highest BCUT2D eigenvalue weighted by Crippen LogP contribution is 2.18. The van der Waals surface area contributed by atoms with Gasteiger partial charge in [-0.3, -0.25) is 19.2 Å². The predicted octanol–water partition coefficient (Wildman–Crippen LogP) is -1.20. The minimum absolute atomic E-state index is 0.0876. The molecule has 1 heterocycles. The van der Waals surface area contributed by atoms with E-state index in [9.17, 15) is 34.2 Å². The number of fused-ring (bicyclic) bond motifs is 1. The highest BCUT2D eigenvalue weighted by atomic mass is 32.2. The van der Waals surface area contributed by atoms with Gasteiger partial charge in [-0.1, -0.05) is 18.2 Å². The average molecular weight is 538 g/mol. The van der Waals surface area contributed by atoms with Gasteiger partial charge in [0.25, 0.3) is 0 Å². The number of hydrogen-bond acceptors (Lipinski definition) is 8. The number of H-pyrrole nitrogens is 1. The van der Waals surface area contributed by atoms with E-state index in [2.05, 4.69) is 20.9 Å². The lowest BCUT2D eigenvalue weighted by molar-refractivity contribution is -0.147. The first-order valence-corrected chi connectivity index (χ1v) is 12.7. The molecule has 1 aromatic carbocycles. The summed E-state index contributed by atoms with van der Waals surface area (Å²) in [6, 6.07) is 2.06. The molecule has 0 radical (unpaired) electrons. The normalized spacial score (nSPS) is 14.2. The number of carbonyl (C=O) groups excluding carboxylic acids is 3. The van der Waals surface area contributed by atoms with Gasteiger partial charge >= 0.3 is 11.9 Å². The molecule has 3 amide bonds. The van der Waals surface area contributed by atoms with Gasteiger partial charge in [0.05, 0.1) is 19.1 Å². The molecule has 0 bridgehead atoms. The van der Waals surface area contributed by atoms with Crippen LogP contribution in [0.1, 0.15) is 18.4 Å². The van der Waals surface area contributed by atoms with E-state index in [1.54, 1.807) is 12.5 Å². The molecular weight excluding hydrogens is 506 g/mol. The number of rotatable bonds is 15. The Bertz CT molecular complexity index is 1120. The average Bonchev–Trinajstić information content (AvgIpc) is 3.26. The van der Waals surface area contributed by atoms with Crippen LogP contribution in [0.15, 0.2) is 30.5 Å². The smallest absolute Gasteiger partial charge is 0.326 e. The number of nitrogens with two attached hydrogens (primary N) is 1. The van der Waals surface area contributed by atoms with Crippen molar-refractivity contribution in [2.24, 2.45) is 5.73 Å². The number of hydrogen-bond donors (Lipinski definition) is 8. The number of amides is 3. The van der Waals surface area contributed by atoms with Gasteiger partial charge in [0.1, 0.15) is 18.1 Å². The van der Waals surface area contributed by atoms with E-state index in [1.165, 1.54) is 11.8 Å². The van der Waals surface area contributed by atoms with Crippen molar-refractivity contribution in [3.63, 3.8) is 0 Å². The topological polar surface area (TPSA) is 224 Å². The first kappa shape index (κ1) is 29.6. The summed E-state index contributed by atoms with van der Waals surface area (Å²) in [7, 11) is 0. The van der Waals surface area contributed by atoms with Crippen LogP contribution >= 0.6 is 11.8 Å². The van der Waals surface area contributed by atoms with Gasteiger partial charge in [-0.25, -0.2) is 4.79 Å². The second-order valence-corrected chi connectivity index (χ2v) is 9.24. The molecule has 37 heavy (non-hydrogen) atoms. The van der Waals surface area contributed by atoms with Gasteiger partial charge < -0.3 is 42.0 Å². The summed E-state index contributed by atoms with van der Waals surface area (Å²) in [5.41, 5.74) is 7.70. The minimum atomic E-state index is -1.70. The Hall–Kier alpha value is -3.62. The Morgan fingerprint density at radius 2 is 1.59 bits per heavy atom. The molecule has 0 spiro atoms. The lowest BCUT2D eigenvalue weighted by Gasteiger charge is -2.24. The third-order valence-corrected chi connectivity index (χ3v) is 6.15. The van der Waals surface area contributed by atoms with Crippen molar-refractivity contribution in [3.05, 3.63) is 36.0 Å². The Kier molecular flexibility index (Phi) is 11.4. The molecule has 14 heteroatoms. The van der Waals surface area contributed by atoms with Gasteiger partial charge in [0, 0.05) is 17.1 Å². The van der Waals surface area contributed by atoms with Gasteiger partial charge in [-0.05, 0) is 36.5 Å². The molecule has 0 fully saturated rings. The van der Waals surface area contributed by atoms with Crippen LogP contribution in [-0.4, -0.2) is 92.7 Å². The van der Waals surface area contributed by atoms with Crippen LogP contribution in [-0.2, 0) is 30.4 Å². The number of carboxylic acid groups (broad SMARTS) is 2. The van der Waals surface area contributed by atoms with Crippen LogP contribution in [0.2, 0.25) is 0 Å². The largest absolute Gasteiger partial charge is 0.481 e. The molecule has 4 atom stereocenters. The van der Waals surface area contributed by atoms with E-state index in [0.717, 1.165) is 16.5 Å². The van der Waals surface area contributed by atoms with Crippen LogP contribution in [0.5, 0.6) is 0 Å². The number of aromatic amines is 1. The summed E-state index contributed by atoms with van der Waals surface area (Å²) >= 11 is 1.36. The quantitative estimate of drug-likeness (QED) is 0.135. The number of nitrogens with one attached hydrogen (secondary N) is 4. The highest BCUT2D eigenvalue weighted by Gasteiger charge is 2.31. The van der Waals surface area contributed by atoms with Crippen LogP contribution in [0.25, 0.3) is 10.9 Å². The lowest BCUT2D eigenvalue weighted by atomic mass is 10.0. The standard InChI is InChI=1S/C23H31N5O8S/c1-37-7-6-16(21(33)27-17(23(35)36)9-19(30)31)26-22(34)18(11-29)28-20(32)14(24)8-12-10-25-15-5-3-2-4-13(12)15/h2-5,10,14,16-18,25,29H,6-9,11,24H2,1H3,(H,26,34)(H,27,33)(H,28,32)(H,30,31)(H,35,36). The van der Waals surface area contributed by atoms with E-state index in [-0.39, 0.29) is 12.8 Å². The van der Waals surface area contributed by atoms with Gasteiger partial charge in [0.2, 0.25) is 17.7 Å². The monoisotopic (exact) mass is 537 g/mol. The zero-order valence-corrected chi connectivity index (χ0v) is 20.9. The first-order chi connectivity index (χ1) is 17.6. The molecular formula is C23H31N5O8S. The van der Waals surface area contributed by atoms with Crippen molar-refractivity contribution in [3.8, 4) is 0 Å². The molecule has 13 nitrogen and oxygen atoms in total. The number of aliphatic carboxylic acids is 2. The summed E-state index contributed by atoms with van der Waals surface area (Å²) in [5.74, 6) is -5.06. The molecule has 0 aliphatic heterocycles. The number of aliphatic hydroxyl groups is 1. The second-order valence-electron chi connectivity index (χ2n) is 8.25. The van der Waals surface area contributed by atoms with E-state index in [4.69, 9.17) is 10.8 Å². The van der Waals surface area contributed by atoms with Crippen LogP contribution in [0, 0.1) is 0 Å². The van der Waals surface area contributed by atoms with E-state index in [0.29, 0.717) is 5.75 Å². The van der Waals surface area contributed by atoms with Crippen molar-refractivity contribution in [1.29, 1.82) is 0 Å². The maximum absolute atomic E-state index is 12.8. The summed E-state index contributed by atoms with van der Waals surface area (Å²) < 4.78 is 0. The van der Waals surface area contributed by atoms with Crippen LogP contribution in [0.4, 0.5) is 0 Å². The predicted molar refractivity (Wildman–Crippen MR) is 136 cm³/mol. The molecule has 2 aromatic rings. The van der Waals surface area contributed by atoms with E-state index in [1.807, 2.05) is 24.3 Å². The number of thioether (sulfide) groups is 1. The summed E-state index contributed by atoms with van der Waals surface area (Å²) in [4.78, 5) is 63.3. The summed E-state index contributed by atoms with van der Waals surface area (Å²) in [5, 5.41) is 35.5. The molecule has 0 saturated heterocycles. The summed E-state index contributed by atoms with van der Waals surface area (Å²) in [6.45, 7) is -0.787. The number of carboxylic acids is 2. The van der Waals surface area contributed by atoms with Crippen LogP contribution in [0.3, 0.4) is 0 Å². The van der Waals surface area contributed by atoms with Gasteiger partial charge in [-0.2, -0.15) is 11.8 Å². The third-order valence-electron chi connectivity index (χ3n) is 5.50. The van der Waals surface area contributed by atoms with Gasteiger partial charge in [0.15, 0.2) is 0 Å². The Morgan fingerprint density at radius 3 is 2.22 bits per heavy atom. The number of aromatic nitrogens is 1. The molecule has 0 aliphatic carbocycles. The highest BCUT2D eigenvalue weighted by molar-refractivity contribution is 7.98. The maximum atomic E-state index is 12.8. The molecule has 202 valence electrons. The first-order valence-electron chi connectivity index (χ1n) is 11.3. The van der Waals surface area contributed by atoms with Crippen molar-refractivity contribution < 1.29 is 39.3 Å². The second kappa shape index (κ2) is 14.2. The van der Waals surface area contributed by atoms with E-state index < -0.39 is 66.9 Å². The molecule has 4 unspecified atom stereocenters. The number of carbonyl (C=O) groups is 5. The Balaban J connectivity index is 2.03. The molecule has 9 N–H and O–H groups in total. The van der Waals surface area contributed by atoms with Crippen molar-refractivity contribution in [2.45, 2.75) is 43.4 Å². The van der Waals surface area contributed by atoms with Crippen molar-refractivity contribution in [2.75, 3.05) is 18.6 Å². The molecule has 2 rings (SSSR count). The SMILES string of the molecule is CSCCC(NC(=O)C(CO)NC(=O)C(N)Cc1c[nH]c2ccccc12)C(=O)NC(CC(=O)O)C(=O)O. The fraction of sp³-hybridized carbons (Fsp3) is 0.435. The number of aliphatic hydroxyl groups excluding tert-OH is 1. The zero-order valence-electron chi connectivity index (χ0n) is 20.1. The fourth-order valence-corrected chi connectivity index (χ4v) is 4.00. The number of para-hydroxylation sites is 1. The Morgan fingerprint density at radius 1 is 0.973 bits per heavy atom. The van der Waals surface area contributed by atoms with Gasteiger partial charge in [-0.15, -0.1) is 0 Å². The minimum Gasteiger partial charge on any atom is -0.481 e. The third kappa shape index (κ3) is 8.77. The Labute approximate surface area is 216 Å². The van der Waals surface area contributed by atoms with Crippen LogP contribution < -0.4 is 21.7 Å². The maximum Gasteiger partial charge on any atom is 0.326 e. The fourth-order valence-electron chi connectivity index (χ4n) is 3.53.